The van der Waals surface area contributed by atoms with Gasteiger partial charge in [0.25, 0.3) is 0 Å². The molecule has 2 N–H and O–H groups in total. The van der Waals surface area contributed by atoms with E-state index in [2.05, 4.69) is 137 Å². The van der Waals surface area contributed by atoms with Crippen LogP contribution in [0.3, 0.4) is 0 Å². The van der Waals surface area contributed by atoms with E-state index in [0.29, 0.717) is 0 Å². The smallest absolute Gasteiger partial charge is 0.0504 e. The van der Waals surface area contributed by atoms with Crippen molar-refractivity contribution in [3.63, 3.8) is 0 Å². The first-order valence-electron chi connectivity index (χ1n) is 16.7. The molecule has 4 fully saturated rings. The third kappa shape index (κ3) is 39.8. The van der Waals surface area contributed by atoms with Gasteiger partial charge in [-0.15, -0.1) is 0 Å². The van der Waals surface area contributed by atoms with Crippen molar-refractivity contribution in [3.05, 3.63) is 0 Å². The highest BCUT2D eigenvalue weighted by Gasteiger charge is 2.13. The lowest BCUT2D eigenvalue weighted by Gasteiger charge is -2.10. The summed E-state index contributed by atoms with van der Waals surface area (Å²) < 4.78 is 0. The molecule has 0 atom stereocenters. The van der Waals surface area contributed by atoms with Crippen molar-refractivity contribution < 1.29 is 0 Å². The molecule has 0 aromatic rings. The Labute approximate surface area is 255 Å². The van der Waals surface area contributed by atoms with Crippen LogP contribution in [0, 0.1) is 0 Å². The van der Waals surface area contributed by atoms with Crippen LogP contribution in [0.5, 0.6) is 0 Å². The van der Waals surface area contributed by atoms with Gasteiger partial charge in [-0.2, -0.15) is 0 Å². The first-order chi connectivity index (χ1) is 19.1. The van der Waals surface area contributed by atoms with E-state index >= 15 is 0 Å². The molecule has 4 aliphatic heterocycles. The summed E-state index contributed by atoms with van der Waals surface area (Å²) in [7, 11) is 8.55. The number of likely N-dealkylation sites (N-methyl/N-ethyl adjacent to an activating group) is 6. The molecule has 8 heteroatoms. The Morgan fingerprint density at radius 2 is 0.675 bits per heavy atom. The zero-order valence-electron chi connectivity index (χ0n) is 30.4. The topological polar surface area (TPSA) is 43.5 Å². The average Bonchev–Trinajstić information content (AvgIpc) is 3.73. The second-order valence-electron chi connectivity index (χ2n) is 11.2. The maximum atomic E-state index is 3.20. The molecule has 0 amide bonds. The lowest BCUT2D eigenvalue weighted by atomic mass is 10.6. The SMILES string of the molecule is CCC.CCC.CCC.CCC.CCN1CCN(C)C1.CCN1CCN(C)C1.CN1CCNC1.CN1CCNC1. The zero-order chi connectivity index (χ0) is 31.6. The van der Waals surface area contributed by atoms with Crippen molar-refractivity contribution in [2.75, 3.05) is 120 Å². The van der Waals surface area contributed by atoms with Gasteiger partial charge in [0.05, 0.1) is 13.3 Å². The molecule has 0 radical (unpaired) electrons. The molecule has 0 saturated carbocycles. The van der Waals surface area contributed by atoms with Crippen LogP contribution in [-0.4, -0.2) is 150 Å². The van der Waals surface area contributed by atoms with Crippen LogP contribution in [0.2, 0.25) is 0 Å². The fraction of sp³-hybridized carbons (Fsp3) is 1.00. The molecule has 4 saturated heterocycles. The molecule has 8 nitrogen and oxygen atoms in total. The Balaban J connectivity index is -0.000000192. The van der Waals surface area contributed by atoms with Gasteiger partial charge in [-0.1, -0.05) is 94.9 Å². The minimum absolute atomic E-state index is 1.07. The first kappa shape index (κ1) is 46.6. The van der Waals surface area contributed by atoms with Gasteiger partial charge in [-0.25, -0.2) is 0 Å². The Morgan fingerprint density at radius 1 is 0.400 bits per heavy atom. The molecule has 0 aromatic heterocycles. The Kier molecular flexibility index (Phi) is 45.1. The van der Waals surface area contributed by atoms with E-state index in [0.717, 1.165) is 39.8 Å². The molecule has 0 aliphatic carbocycles. The maximum Gasteiger partial charge on any atom is 0.0504 e. The predicted molar refractivity (Wildman–Crippen MR) is 184 cm³/mol. The normalized spacial score (nSPS) is 19.4. The summed E-state index contributed by atoms with van der Waals surface area (Å²) in [4.78, 5) is 14.0. The van der Waals surface area contributed by atoms with Gasteiger partial charge in [-0.05, 0) is 41.3 Å². The zero-order valence-corrected chi connectivity index (χ0v) is 30.4. The van der Waals surface area contributed by atoms with E-state index in [1.54, 1.807) is 0 Å². The summed E-state index contributed by atoms with van der Waals surface area (Å²) in [5.74, 6) is 0. The van der Waals surface area contributed by atoms with E-state index in [9.17, 15) is 0 Å². The summed E-state index contributed by atoms with van der Waals surface area (Å²) >= 11 is 0. The van der Waals surface area contributed by atoms with Crippen LogP contribution in [0.1, 0.15) is 94.9 Å². The minimum atomic E-state index is 1.07. The quantitative estimate of drug-likeness (QED) is 0.474. The largest absolute Gasteiger partial charge is 0.303 e. The highest BCUT2D eigenvalue weighted by molar-refractivity contribution is 4.66. The Bertz CT molecular complexity index is 374. The molecule has 4 aliphatic rings. The van der Waals surface area contributed by atoms with Crippen LogP contribution in [0.25, 0.3) is 0 Å². The number of rotatable bonds is 2. The van der Waals surface area contributed by atoms with Gasteiger partial charge >= 0.3 is 0 Å². The maximum absolute atomic E-state index is 3.20. The first-order valence-corrected chi connectivity index (χ1v) is 16.7. The van der Waals surface area contributed by atoms with Crippen LogP contribution in [0.15, 0.2) is 0 Å². The predicted octanol–water partition coefficient (Wildman–Crippen LogP) is 5.05. The third-order valence-corrected chi connectivity index (χ3v) is 5.48. The minimum Gasteiger partial charge on any atom is -0.303 e. The molecule has 248 valence electrons. The second kappa shape index (κ2) is 38.7. The van der Waals surface area contributed by atoms with Gasteiger partial charge < -0.3 is 10.6 Å². The standard InChI is InChI=1S/2C6H14N2.2C4H10N2.4C3H8/c2*1-3-8-5-4-7(2)6-8;2*1-6-3-2-5-4-6;4*1-3-2/h2*3-6H2,1-2H3;2*5H,2-4H2,1H3;4*3H2,1-2H3. The molecular weight excluding hydrogens is 496 g/mol. The van der Waals surface area contributed by atoms with Crippen molar-refractivity contribution >= 4 is 0 Å². The van der Waals surface area contributed by atoms with Gasteiger partial charge in [0, 0.05) is 65.7 Å². The van der Waals surface area contributed by atoms with Gasteiger partial charge in [0.1, 0.15) is 0 Å². The number of hydrogen-bond donors (Lipinski definition) is 2. The van der Waals surface area contributed by atoms with Crippen molar-refractivity contribution in [1.82, 2.24) is 40.0 Å². The monoisotopic (exact) mass is 577 g/mol. The van der Waals surface area contributed by atoms with E-state index < -0.39 is 0 Å². The molecule has 4 heterocycles. The highest BCUT2D eigenvalue weighted by atomic mass is 15.4. The van der Waals surface area contributed by atoms with Crippen LogP contribution < -0.4 is 10.6 Å². The number of hydrogen-bond acceptors (Lipinski definition) is 8. The van der Waals surface area contributed by atoms with Gasteiger partial charge in [0.2, 0.25) is 0 Å². The summed E-state index contributed by atoms with van der Waals surface area (Å²) in [6, 6.07) is 0. The molecular formula is C32H80N8. The van der Waals surface area contributed by atoms with Crippen molar-refractivity contribution in [3.8, 4) is 0 Å². The molecule has 0 aromatic carbocycles. The van der Waals surface area contributed by atoms with Crippen molar-refractivity contribution in [1.29, 1.82) is 0 Å². The molecule has 0 unspecified atom stereocenters. The molecule has 0 bridgehead atoms. The van der Waals surface area contributed by atoms with E-state index in [1.807, 2.05) is 0 Å². The molecule has 4 rings (SSSR count). The van der Waals surface area contributed by atoms with Gasteiger partial charge in [-0.3, -0.25) is 29.4 Å². The summed E-state index contributed by atoms with van der Waals surface area (Å²) in [6.45, 7) is 38.0. The van der Waals surface area contributed by atoms with Crippen LogP contribution in [0.4, 0.5) is 0 Å². The summed E-state index contributed by atoms with van der Waals surface area (Å²) in [5, 5.41) is 6.40. The third-order valence-electron chi connectivity index (χ3n) is 5.48. The van der Waals surface area contributed by atoms with Crippen molar-refractivity contribution in [2.45, 2.75) is 94.9 Å². The molecule has 0 spiro atoms. The summed E-state index contributed by atoms with van der Waals surface area (Å²) in [6.07, 6.45) is 5.00. The average molecular weight is 577 g/mol. The highest BCUT2D eigenvalue weighted by Crippen LogP contribution is 1.99. The molecule has 40 heavy (non-hydrogen) atoms. The lowest BCUT2D eigenvalue weighted by Crippen LogP contribution is -2.22. The summed E-state index contributed by atoms with van der Waals surface area (Å²) in [5.41, 5.74) is 0. The van der Waals surface area contributed by atoms with E-state index in [4.69, 9.17) is 0 Å². The Hall–Kier alpha value is -0.320. The fourth-order valence-electron chi connectivity index (χ4n) is 3.34. The van der Waals surface area contributed by atoms with Gasteiger partial charge in [0.15, 0.2) is 0 Å². The van der Waals surface area contributed by atoms with E-state index in [1.165, 1.54) is 78.0 Å². The number of nitrogens with zero attached hydrogens (tertiary/aromatic N) is 6. The van der Waals surface area contributed by atoms with Crippen molar-refractivity contribution in [2.24, 2.45) is 0 Å². The fourth-order valence-corrected chi connectivity index (χ4v) is 3.34. The number of nitrogens with one attached hydrogen (secondary N) is 2. The lowest BCUT2D eigenvalue weighted by molar-refractivity contribution is 0.286. The second-order valence-corrected chi connectivity index (χ2v) is 11.2. The Morgan fingerprint density at radius 3 is 0.750 bits per heavy atom. The van der Waals surface area contributed by atoms with Crippen LogP contribution >= 0.6 is 0 Å². The van der Waals surface area contributed by atoms with Crippen LogP contribution in [-0.2, 0) is 0 Å². The van der Waals surface area contributed by atoms with E-state index in [-0.39, 0.29) is 0 Å².